The minimum absolute atomic E-state index is 0.113. The molecule has 1 aromatic carbocycles. The minimum Gasteiger partial charge on any atom is -0.346 e. The molecule has 0 saturated carbocycles. The fraction of sp³-hybridized carbons (Fsp3) is 0.400. The van der Waals surface area contributed by atoms with Gasteiger partial charge in [-0.3, -0.25) is 19.2 Å². The molecule has 1 aliphatic carbocycles. The Morgan fingerprint density at radius 2 is 1.94 bits per heavy atom. The Labute approximate surface area is 202 Å². The number of carbonyl (C=O) groups excluding carboxylic acids is 2. The summed E-state index contributed by atoms with van der Waals surface area (Å²) >= 11 is 1.48. The normalized spacial score (nSPS) is 18.5. The first-order valence-electron chi connectivity index (χ1n) is 11.6. The second-order valence-corrected chi connectivity index (χ2v) is 9.82. The molecule has 1 N–H and O–H groups in total. The Hall–Kier alpha value is -3.04. The number of rotatable bonds is 5. The fourth-order valence-electron chi connectivity index (χ4n) is 5.01. The van der Waals surface area contributed by atoms with E-state index in [4.69, 9.17) is 0 Å². The monoisotopic (exact) mass is 481 g/mol. The van der Waals surface area contributed by atoms with Crippen LogP contribution in [0, 0.1) is 5.82 Å². The average molecular weight is 482 g/mol. The number of hydrogen-bond acceptors (Lipinski definition) is 5. The maximum Gasteiger partial charge on any atom is 0.272 e. The van der Waals surface area contributed by atoms with E-state index < -0.39 is 0 Å². The van der Waals surface area contributed by atoms with Gasteiger partial charge in [-0.1, -0.05) is 24.3 Å². The molecule has 5 rings (SSSR count). The van der Waals surface area contributed by atoms with Crippen LogP contribution >= 0.6 is 11.3 Å². The standard InChI is InChI=1S/C25H28FN5O2S/c1-29-21-9-8-18(30-10-12-31(13-11-30)25(33)22-7-4-14-34-22)15-19(21)23(28-29)24(32)27-16-17-5-2-3-6-20(17)26/h2-7,14,18H,8-13,15-16H2,1H3,(H,27,32). The van der Waals surface area contributed by atoms with Crippen LogP contribution in [-0.2, 0) is 26.4 Å². The molecule has 1 aliphatic heterocycles. The summed E-state index contributed by atoms with van der Waals surface area (Å²) in [4.78, 5) is 30.8. The number of nitrogens with one attached hydrogen (secondary N) is 1. The predicted molar refractivity (Wildman–Crippen MR) is 128 cm³/mol. The van der Waals surface area contributed by atoms with Crippen molar-refractivity contribution in [3.8, 4) is 0 Å². The summed E-state index contributed by atoms with van der Waals surface area (Å²) in [6, 6.07) is 10.5. The summed E-state index contributed by atoms with van der Waals surface area (Å²) < 4.78 is 15.7. The third-order valence-corrected chi connectivity index (χ3v) is 7.75. The van der Waals surface area contributed by atoms with Gasteiger partial charge in [-0.2, -0.15) is 5.10 Å². The number of aryl methyl sites for hydroxylation is 1. The number of hydrogen-bond donors (Lipinski definition) is 1. The van der Waals surface area contributed by atoms with Gasteiger partial charge < -0.3 is 10.2 Å². The first-order valence-corrected chi connectivity index (χ1v) is 12.5. The SMILES string of the molecule is Cn1nc(C(=O)NCc2ccccc2F)c2c1CCC(N1CCN(C(=O)c3cccs3)CC1)C2. The summed E-state index contributed by atoms with van der Waals surface area (Å²) in [6.07, 6.45) is 2.62. The maximum atomic E-state index is 13.9. The number of benzene rings is 1. The van der Waals surface area contributed by atoms with Gasteiger partial charge in [0.05, 0.1) is 4.88 Å². The van der Waals surface area contributed by atoms with E-state index >= 15 is 0 Å². The van der Waals surface area contributed by atoms with Crippen LogP contribution in [0.5, 0.6) is 0 Å². The summed E-state index contributed by atoms with van der Waals surface area (Å²) in [7, 11) is 1.88. The number of aromatic nitrogens is 2. The number of piperazine rings is 1. The number of fused-ring (bicyclic) bond motifs is 1. The third kappa shape index (κ3) is 4.50. The molecular weight excluding hydrogens is 453 g/mol. The number of carbonyl (C=O) groups is 2. The average Bonchev–Trinajstić information content (AvgIpc) is 3.51. The predicted octanol–water partition coefficient (Wildman–Crippen LogP) is 2.87. The van der Waals surface area contributed by atoms with Crippen LogP contribution in [-0.4, -0.2) is 63.6 Å². The van der Waals surface area contributed by atoms with Gasteiger partial charge in [-0.25, -0.2) is 4.39 Å². The molecule has 1 fully saturated rings. The second-order valence-electron chi connectivity index (χ2n) is 8.87. The van der Waals surface area contributed by atoms with Crippen LogP contribution in [0.1, 0.15) is 43.4 Å². The number of nitrogens with zero attached hydrogens (tertiary/aromatic N) is 4. The molecule has 1 saturated heterocycles. The first-order chi connectivity index (χ1) is 16.5. The molecule has 3 heterocycles. The topological polar surface area (TPSA) is 70.5 Å². The third-order valence-electron chi connectivity index (χ3n) is 6.89. The molecule has 7 nitrogen and oxygen atoms in total. The smallest absolute Gasteiger partial charge is 0.272 e. The Balaban J connectivity index is 1.23. The van der Waals surface area contributed by atoms with Crippen molar-refractivity contribution in [1.82, 2.24) is 24.9 Å². The fourth-order valence-corrected chi connectivity index (χ4v) is 5.70. The van der Waals surface area contributed by atoms with Gasteiger partial charge in [0.15, 0.2) is 5.69 Å². The van der Waals surface area contributed by atoms with Crippen molar-refractivity contribution in [2.45, 2.75) is 31.8 Å². The molecular formula is C25H28FN5O2S. The lowest BCUT2D eigenvalue weighted by molar-refractivity contribution is 0.0555. The van der Waals surface area contributed by atoms with E-state index in [0.29, 0.717) is 30.4 Å². The van der Waals surface area contributed by atoms with Crippen molar-refractivity contribution in [1.29, 1.82) is 0 Å². The number of halogens is 1. The number of thiophene rings is 1. The molecule has 2 aliphatic rings. The lowest BCUT2D eigenvalue weighted by Crippen LogP contribution is -2.53. The molecule has 34 heavy (non-hydrogen) atoms. The first kappa shape index (κ1) is 22.7. The molecule has 178 valence electrons. The minimum atomic E-state index is -0.331. The molecule has 3 aromatic rings. The van der Waals surface area contributed by atoms with Crippen LogP contribution in [0.4, 0.5) is 4.39 Å². The maximum absolute atomic E-state index is 13.9. The van der Waals surface area contributed by atoms with Crippen LogP contribution in [0.3, 0.4) is 0 Å². The summed E-state index contributed by atoms with van der Waals surface area (Å²) in [5, 5.41) is 9.28. The van der Waals surface area contributed by atoms with Crippen molar-refractivity contribution >= 4 is 23.2 Å². The zero-order valence-electron chi connectivity index (χ0n) is 19.2. The lowest BCUT2D eigenvalue weighted by Gasteiger charge is -2.40. The highest BCUT2D eigenvalue weighted by atomic mass is 32.1. The molecule has 2 aromatic heterocycles. The summed E-state index contributed by atoms with van der Waals surface area (Å²) in [6.45, 7) is 3.20. The van der Waals surface area contributed by atoms with E-state index in [-0.39, 0.29) is 24.2 Å². The quantitative estimate of drug-likeness (QED) is 0.609. The molecule has 0 bridgehead atoms. The van der Waals surface area contributed by atoms with Gasteiger partial charge in [-0.15, -0.1) is 11.3 Å². The molecule has 2 amide bonds. The van der Waals surface area contributed by atoms with Crippen molar-refractivity contribution < 1.29 is 14.0 Å². The van der Waals surface area contributed by atoms with E-state index in [0.717, 1.165) is 48.5 Å². The molecule has 0 radical (unpaired) electrons. The van der Waals surface area contributed by atoms with Crippen LogP contribution < -0.4 is 5.32 Å². The Morgan fingerprint density at radius 1 is 1.15 bits per heavy atom. The highest BCUT2D eigenvalue weighted by Crippen LogP contribution is 2.28. The molecule has 0 spiro atoms. The largest absolute Gasteiger partial charge is 0.346 e. The Bertz CT molecular complexity index is 1180. The van der Waals surface area contributed by atoms with E-state index in [1.54, 1.807) is 22.9 Å². The molecule has 1 unspecified atom stereocenters. The highest BCUT2D eigenvalue weighted by Gasteiger charge is 2.33. The molecule has 9 heteroatoms. The Kier molecular flexibility index (Phi) is 6.47. The van der Waals surface area contributed by atoms with Gasteiger partial charge in [0, 0.05) is 62.6 Å². The highest BCUT2D eigenvalue weighted by molar-refractivity contribution is 7.12. The Morgan fingerprint density at radius 3 is 2.68 bits per heavy atom. The van der Waals surface area contributed by atoms with Gasteiger partial charge >= 0.3 is 0 Å². The van der Waals surface area contributed by atoms with Crippen LogP contribution in [0.2, 0.25) is 0 Å². The second kappa shape index (κ2) is 9.68. The van der Waals surface area contributed by atoms with E-state index in [2.05, 4.69) is 15.3 Å². The van der Waals surface area contributed by atoms with E-state index in [1.807, 2.05) is 29.5 Å². The van der Waals surface area contributed by atoms with Crippen molar-refractivity contribution in [2.24, 2.45) is 7.05 Å². The van der Waals surface area contributed by atoms with E-state index in [1.165, 1.54) is 17.4 Å². The summed E-state index contributed by atoms with van der Waals surface area (Å²) in [5.74, 6) is -0.489. The summed E-state index contributed by atoms with van der Waals surface area (Å²) in [5.41, 5.74) is 2.97. The van der Waals surface area contributed by atoms with Gasteiger partial charge in [0.25, 0.3) is 11.8 Å². The van der Waals surface area contributed by atoms with Crippen LogP contribution in [0.15, 0.2) is 41.8 Å². The lowest BCUT2D eigenvalue weighted by atomic mass is 9.89. The van der Waals surface area contributed by atoms with Crippen molar-refractivity contribution in [2.75, 3.05) is 26.2 Å². The van der Waals surface area contributed by atoms with E-state index in [9.17, 15) is 14.0 Å². The van der Waals surface area contributed by atoms with Crippen molar-refractivity contribution in [3.05, 3.63) is 75.0 Å². The van der Waals surface area contributed by atoms with Gasteiger partial charge in [0.2, 0.25) is 0 Å². The van der Waals surface area contributed by atoms with Crippen LogP contribution in [0.25, 0.3) is 0 Å². The van der Waals surface area contributed by atoms with Crippen molar-refractivity contribution in [3.63, 3.8) is 0 Å². The number of amides is 2. The van der Waals surface area contributed by atoms with Gasteiger partial charge in [-0.05, 0) is 36.8 Å². The van der Waals surface area contributed by atoms with Gasteiger partial charge in [0.1, 0.15) is 5.82 Å². The zero-order chi connectivity index (χ0) is 23.7. The molecule has 1 atom stereocenters. The zero-order valence-corrected chi connectivity index (χ0v) is 20.0.